The van der Waals surface area contributed by atoms with Gasteiger partial charge in [-0.1, -0.05) is 238 Å². The van der Waals surface area contributed by atoms with Crippen molar-refractivity contribution in [1.82, 2.24) is 0 Å². The minimum Gasteiger partial charge on any atom is -0.397 e. The van der Waals surface area contributed by atoms with Crippen molar-refractivity contribution >= 4 is 22.7 Å². The maximum absolute atomic E-state index is 12.2. The van der Waals surface area contributed by atoms with E-state index in [0.29, 0.717) is 11.4 Å². The Bertz CT molecular complexity index is 4390. The highest BCUT2D eigenvalue weighted by Crippen LogP contribution is 2.73. The molecule has 4 heteroatoms. The first kappa shape index (κ1) is 46.1. The Kier molecular flexibility index (Phi) is 9.80. The molecule has 0 fully saturated rings. The van der Waals surface area contributed by atoms with E-state index in [1.807, 2.05) is 6.07 Å². The van der Waals surface area contributed by atoms with E-state index in [-0.39, 0.29) is 34.8 Å². The smallest absolute Gasteiger partial charge is 0.103 e. The lowest BCUT2D eigenvalue weighted by atomic mass is 9.62. The molecule has 0 saturated heterocycles. The number of hydrogen-bond acceptors (Lipinski definition) is 4. The summed E-state index contributed by atoms with van der Waals surface area (Å²) in [6, 6.07) is 93.9. The molecule has 376 valence electrons. The molecule has 0 radical (unpaired) electrons. The standard InChI is InChI=1S/C76H52N4/c1-75(2)71(66-54-29-10-6-23-48(54)49-24-7-11-30-55(49)66)69-70(72(75)67-56-31-12-8-25-50(56)51-26-9-13-32-57(51)67)74(60(44-78)59(43-77)73(69)79)80(47-41-39-46(40-42-47)45-21-4-3-5-22-45)65-38-20-37-64-68(65)58-33-16-19-36-63(58)76(64)61-34-17-14-27-52(61)53-28-15-18-35-62(53)76/h3-42,66-67,71-72H,79H2,1-2H3. The summed E-state index contributed by atoms with van der Waals surface area (Å²) in [6.45, 7) is 4.90. The predicted molar refractivity (Wildman–Crippen MR) is 323 cm³/mol. The highest BCUT2D eigenvalue weighted by atomic mass is 15.2. The van der Waals surface area contributed by atoms with Crippen molar-refractivity contribution in [1.29, 1.82) is 10.5 Å². The largest absolute Gasteiger partial charge is 0.397 e. The van der Waals surface area contributed by atoms with Gasteiger partial charge < -0.3 is 10.6 Å². The molecule has 2 atom stereocenters. The van der Waals surface area contributed by atoms with Gasteiger partial charge in [0.05, 0.1) is 33.6 Å². The van der Waals surface area contributed by atoms with Gasteiger partial charge in [0.1, 0.15) is 12.1 Å². The first-order valence-corrected chi connectivity index (χ1v) is 27.9. The molecular weight excluding hydrogens is 969 g/mol. The third-order valence-electron chi connectivity index (χ3n) is 19.2. The van der Waals surface area contributed by atoms with Crippen LogP contribution in [-0.4, -0.2) is 0 Å². The second-order valence-corrected chi connectivity index (χ2v) is 23.0. The number of benzene rings is 11. The molecule has 0 bridgehead atoms. The summed E-state index contributed by atoms with van der Waals surface area (Å²) in [5.41, 5.74) is 33.7. The summed E-state index contributed by atoms with van der Waals surface area (Å²) in [4.78, 5) is 2.38. The Morgan fingerprint density at radius 2 is 0.787 bits per heavy atom. The molecule has 80 heavy (non-hydrogen) atoms. The number of nitrogens with two attached hydrogens (primary N) is 1. The third kappa shape index (κ3) is 5.92. The van der Waals surface area contributed by atoms with Crippen LogP contribution in [-0.2, 0) is 5.41 Å². The quantitative estimate of drug-likeness (QED) is 0.168. The molecule has 11 aromatic rings. The summed E-state index contributed by atoms with van der Waals surface area (Å²) in [6.07, 6.45) is 0. The van der Waals surface area contributed by atoms with Crippen LogP contribution in [0.15, 0.2) is 243 Å². The Morgan fingerprint density at radius 1 is 0.388 bits per heavy atom. The average molecular weight is 1020 g/mol. The number of rotatable bonds is 6. The van der Waals surface area contributed by atoms with Gasteiger partial charge in [-0.05, 0) is 129 Å². The molecule has 4 nitrogen and oxygen atoms in total. The second-order valence-electron chi connectivity index (χ2n) is 23.0. The monoisotopic (exact) mass is 1020 g/mol. The minimum absolute atomic E-state index is 0.114. The van der Waals surface area contributed by atoms with Gasteiger partial charge in [0.25, 0.3) is 0 Å². The van der Waals surface area contributed by atoms with Crippen molar-refractivity contribution in [3.05, 3.63) is 309 Å². The number of hydrogen-bond donors (Lipinski definition) is 1. The number of fused-ring (bicyclic) bond motifs is 17. The molecule has 2 unspecified atom stereocenters. The van der Waals surface area contributed by atoms with E-state index in [1.54, 1.807) is 0 Å². The summed E-state index contributed by atoms with van der Waals surface area (Å²) >= 11 is 0. The molecule has 0 heterocycles. The SMILES string of the molecule is CC1(C)C(C2c3ccccc3-c3ccccc32)c2c(N)c(C#N)c(C#N)c(N(c3ccc(-c4ccccc4)cc3)c3cccc4c3-c3ccccc3C43c4ccccc4-c4ccccc43)c2C1C1c2ccccc2-c2ccccc21. The van der Waals surface area contributed by atoms with Gasteiger partial charge in [0.2, 0.25) is 0 Å². The molecule has 0 saturated carbocycles. The van der Waals surface area contributed by atoms with Gasteiger partial charge in [-0.3, -0.25) is 0 Å². The van der Waals surface area contributed by atoms with Gasteiger partial charge in [0, 0.05) is 34.9 Å². The lowest BCUT2D eigenvalue weighted by molar-refractivity contribution is 0.225. The van der Waals surface area contributed by atoms with Gasteiger partial charge in [-0.25, -0.2) is 0 Å². The summed E-state index contributed by atoms with van der Waals surface area (Å²) in [5.74, 6) is -0.731. The van der Waals surface area contributed by atoms with E-state index in [0.717, 1.165) is 44.8 Å². The molecule has 0 aliphatic heterocycles. The Morgan fingerprint density at radius 3 is 1.29 bits per heavy atom. The van der Waals surface area contributed by atoms with Crippen LogP contribution in [0.1, 0.15) is 104 Å². The summed E-state index contributed by atoms with van der Waals surface area (Å²) in [7, 11) is 0. The first-order valence-electron chi connectivity index (χ1n) is 27.9. The van der Waals surface area contributed by atoms with Crippen LogP contribution in [0.3, 0.4) is 0 Å². The first-order chi connectivity index (χ1) is 39.4. The van der Waals surface area contributed by atoms with E-state index in [4.69, 9.17) is 5.73 Å². The van der Waals surface area contributed by atoms with E-state index < -0.39 is 10.8 Å². The van der Waals surface area contributed by atoms with Crippen molar-refractivity contribution < 1.29 is 0 Å². The van der Waals surface area contributed by atoms with E-state index in [1.165, 1.54) is 77.9 Å². The Hall–Kier alpha value is -10.0. The van der Waals surface area contributed by atoms with Crippen LogP contribution in [0.25, 0.3) is 55.6 Å². The summed E-state index contributed by atoms with van der Waals surface area (Å²) < 4.78 is 0. The molecule has 5 aliphatic carbocycles. The maximum atomic E-state index is 12.2. The Balaban J connectivity index is 1.06. The van der Waals surface area contributed by atoms with Gasteiger partial charge in [0.15, 0.2) is 0 Å². The number of nitriles is 2. The fourth-order valence-corrected chi connectivity index (χ4v) is 16.3. The van der Waals surface area contributed by atoms with E-state index >= 15 is 0 Å². The van der Waals surface area contributed by atoms with Crippen molar-refractivity contribution in [3.63, 3.8) is 0 Å². The number of nitrogen functional groups attached to an aromatic ring is 1. The fraction of sp³-hybridized carbons (Fsp3) is 0.105. The topological polar surface area (TPSA) is 76.8 Å². The Labute approximate surface area is 467 Å². The maximum Gasteiger partial charge on any atom is 0.103 e. The molecule has 0 amide bonds. The van der Waals surface area contributed by atoms with Gasteiger partial charge >= 0.3 is 0 Å². The summed E-state index contributed by atoms with van der Waals surface area (Å²) in [5, 5.41) is 24.0. The van der Waals surface area contributed by atoms with Crippen LogP contribution < -0.4 is 10.6 Å². The van der Waals surface area contributed by atoms with Gasteiger partial charge in [-0.15, -0.1) is 0 Å². The second kappa shape index (κ2) is 17.0. The van der Waals surface area contributed by atoms with Gasteiger partial charge in [-0.2, -0.15) is 10.5 Å². The predicted octanol–water partition coefficient (Wildman–Crippen LogP) is 18.3. The highest BCUT2D eigenvalue weighted by Gasteiger charge is 2.60. The highest BCUT2D eigenvalue weighted by molar-refractivity contribution is 6.03. The van der Waals surface area contributed by atoms with E-state index in [9.17, 15) is 10.5 Å². The van der Waals surface area contributed by atoms with Crippen molar-refractivity contribution in [2.24, 2.45) is 5.41 Å². The zero-order valence-corrected chi connectivity index (χ0v) is 44.3. The van der Waals surface area contributed by atoms with Crippen LogP contribution in [0.4, 0.5) is 22.7 Å². The molecular formula is C76H52N4. The van der Waals surface area contributed by atoms with E-state index in [2.05, 4.69) is 267 Å². The molecule has 0 aromatic heterocycles. The molecule has 2 N–H and O–H groups in total. The fourth-order valence-electron chi connectivity index (χ4n) is 16.3. The zero-order chi connectivity index (χ0) is 53.6. The number of nitrogens with zero attached hydrogens (tertiary/aromatic N) is 3. The number of anilines is 4. The molecule has 5 aliphatic rings. The molecule has 16 rings (SSSR count). The molecule has 1 spiro atoms. The lowest BCUT2D eigenvalue weighted by Crippen LogP contribution is -2.30. The third-order valence-corrected chi connectivity index (χ3v) is 19.2. The van der Waals surface area contributed by atoms with Crippen LogP contribution in [0, 0.1) is 28.1 Å². The zero-order valence-electron chi connectivity index (χ0n) is 44.3. The van der Waals surface area contributed by atoms with Crippen molar-refractivity contribution in [2.75, 3.05) is 10.6 Å². The van der Waals surface area contributed by atoms with Crippen LogP contribution in [0.5, 0.6) is 0 Å². The molecule has 11 aromatic carbocycles. The lowest BCUT2D eigenvalue weighted by Gasteiger charge is -2.41. The van der Waals surface area contributed by atoms with Crippen LogP contribution in [0.2, 0.25) is 0 Å². The minimum atomic E-state index is -0.632. The normalized spacial score (nSPS) is 16.8. The average Bonchev–Trinajstić information content (AvgIpc) is 4.45. The van der Waals surface area contributed by atoms with Crippen molar-refractivity contribution in [3.8, 4) is 67.8 Å². The van der Waals surface area contributed by atoms with Crippen LogP contribution >= 0.6 is 0 Å². The van der Waals surface area contributed by atoms with Crippen molar-refractivity contribution in [2.45, 2.75) is 42.9 Å².